The van der Waals surface area contributed by atoms with Crippen LogP contribution in [0, 0.1) is 0 Å². The first kappa shape index (κ1) is 32.2. The number of carbonyl (C=O) groups excluding carboxylic acids is 4. The summed E-state index contributed by atoms with van der Waals surface area (Å²) in [7, 11) is 1.67. The maximum Gasteiger partial charge on any atom is 0.416 e. The first-order valence-corrected chi connectivity index (χ1v) is 10.3. The summed E-state index contributed by atoms with van der Waals surface area (Å²) in [5.74, 6) is -1.12. The topological polar surface area (TPSA) is 151 Å². The Kier molecular flexibility index (Phi) is 19.2. The third-order valence-electron chi connectivity index (χ3n) is 3.67. The lowest BCUT2D eigenvalue weighted by Gasteiger charge is -2.09. The van der Waals surface area contributed by atoms with Crippen molar-refractivity contribution in [3.63, 3.8) is 0 Å². The van der Waals surface area contributed by atoms with E-state index in [1.165, 1.54) is 17.6 Å². The number of primary amides is 1. The summed E-state index contributed by atoms with van der Waals surface area (Å²) in [6, 6.07) is 4.48. The molecule has 0 aliphatic rings. The third-order valence-corrected chi connectivity index (χ3v) is 3.67. The molecule has 188 valence electrons. The number of alkyl halides is 3. The van der Waals surface area contributed by atoms with Gasteiger partial charge in [-0.3, -0.25) is 19.6 Å². The maximum absolute atomic E-state index is 12.6. The first-order valence-electron chi connectivity index (χ1n) is 10.3. The number of nitrogens with two attached hydrogens (primary N) is 1. The number of halogens is 3. The van der Waals surface area contributed by atoms with Crippen molar-refractivity contribution < 1.29 is 37.6 Å². The SMILES string of the molecule is CCC=O.CNCC(N)=O.O=C(CCCCCCC(=O)Nc1cccc(C(F)(F)F)c1)NO. The van der Waals surface area contributed by atoms with E-state index in [0.29, 0.717) is 25.7 Å². The van der Waals surface area contributed by atoms with Gasteiger partial charge in [-0.05, 0) is 38.1 Å². The number of hydrogen-bond donors (Lipinski definition) is 5. The molecule has 12 heteroatoms. The van der Waals surface area contributed by atoms with Crippen LogP contribution in [-0.4, -0.2) is 42.8 Å². The van der Waals surface area contributed by atoms with E-state index in [0.717, 1.165) is 24.8 Å². The van der Waals surface area contributed by atoms with Gasteiger partial charge >= 0.3 is 6.18 Å². The molecule has 1 rings (SSSR count). The van der Waals surface area contributed by atoms with Gasteiger partial charge in [0.1, 0.15) is 6.29 Å². The van der Waals surface area contributed by atoms with Gasteiger partial charge in [0, 0.05) is 24.9 Å². The summed E-state index contributed by atoms with van der Waals surface area (Å²) in [6.07, 6.45) is 0.100. The molecule has 0 fully saturated rings. The lowest BCUT2D eigenvalue weighted by Crippen LogP contribution is -2.25. The van der Waals surface area contributed by atoms with Gasteiger partial charge < -0.3 is 21.2 Å². The van der Waals surface area contributed by atoms with E-state index in [1.54, 1.807) is 7.05 Å². The zero-order valence-corrected chi connectivity index (χ0v) is 18.8. The van der Waals surface area contributed by atoms with E-state index in [-0.39, 0.29) is 36.9 Å². The minimum atomic E-state index is -4.44. The Labute approximate surface area is 191 Å². The van der Waals surface area contributed by atoms with Crippen LogP contribution in [0.5, 0.6) is 0 Å². The number of hydroxylamine groups is 1. The molecule has 1 aromatic carbocycles. The molecule has 0 radical (unpaired) electrons. The van der Waals surface area contributed by atoms with Crippen molar-refractivity contribution >= 4 is 29.7 Å². The van der Waals surface area contributed by atoms with E-state index >= 15 is 0 Å². The second-order valence-electron chi connectivity index (χ2n) is 6.65. The molecule has 0 heterocycles. The Morgan fingerprint density at radius 3 is 2.00 bits per heavy atom. The van der Waals surface area contributed by atoms with Gasteiger partial charge in [0.05, 0.1) is 12.1 Å². The molecular formula is C21H33F3N4O5. The Bertz CT molecular complexity index is 715. The Morgan fingerprint density at radius 1 is 1.06 bits per heavy atom. The van der Waals surface area contributed by atoms with E-state index < -0.39 is 17.6 Å². The molecule has 33 heavy (non-hydrogen) atoms. The lowest BCUT2D eigenvalue weighted by molar-refractivity contribution is -0.137. The second-order valence-corrected chi connectivity index (χ2v) is 6.65. The van der Waals surface area contributed by atoms with E-state index in [4.69, 9.17) is 10.9 Å². The number of benzene rings is 1. The molecule has 0 unspecified atom stereocenters. The number of rotatable bonds is 11. The molecule has 9 nitrogen and oxygen atoms in total. The molecule has 0 saturated heterocycles. The summed E-state index contributed by atoms with van der Waals surface area (Å²) >= 11 is 0. The Morgan fingerprint density at radius 2 is 1.61 bits per heavy atom. The molecule has 0 atom stereocenters. The number of anilines is 1. The average molecular weight is 479 g/mol. The van der Waals surface area contributed by atoms with Crippen molar-refractivity contribution in [2.45, 2.75) is 58.0 Å². The highest BCUT2D eigenvalue weighted by molar-refractivity contribution is 5.90. The van der Waals surface area contributed by atoms with Gasteiger partial charge in [0.2, 0.25) is 17.7 Å². The van der Waals surface area contributed by atoms with Crippen LogP contribution in [0.15, 0.2) is 24.3 Å². The van der Waals surface area contributed by atoms with Gasteiger partial charge in [-0.25, -0.2) is 5.48 Å². The third kappa shape index (κ3) is 20.7. The highest BCUT2D eigenvalue weighted by Gasteiger charge is 2.30. The second kappa shape index (κ2) is 19.7. The summed E-state index contributed by atoms with van der Waals surface area (Å²) in [4.78, 5) is 41.4. The van der Waals surface area contributed by atoms with Crippen LogP contribution in [0.3, 0.4) is 0 Å². The Hall–Kier alpha value is -2.99. The highest BCUT2D eigenvalue weighted by Crippen LogP contribution is 2.30. The molecule has 6 N–H and O–H groups in total. The lowest BCUT2D eigenvalue weighted by atomic mass is 10.1. The van der Waals surface area contributed by atoms with E-state index in [1.807, 2.05) is 6.92 Å². The van der Waals surface area contributed by atoms with Gasteiger partial charge in [0.25, 0.3) is 0 Å². The fourth-order valence-corrected chi connectivity index (χ4v) is 2.15. The van der Waals surface area contributed by atoms with Crippen molar-refractivity contribution in [1.82, 2.24) is 10.8 Å². The monoisotopic (exact) mass is 478 g/mol. The van der Waals surface area contributed by atoms with Gasteiger partial charge in [-0.1, -0.05) is 25.8 Å². The molecule has 0 aliphatic heterocycles. The minimum absolute atomic E-state index is 0.115. The summed E-state index contributed by atoms with van der Waals surface area (Å²) < 4.78 is 37.7. The maximum atomic E-state index is 12.6. The molecule has 0 bridgehead atoms. The molecule has 3 amide bonds. The van der Waals surface area contributed by atoms with Crippen LogP contribution in [-0.2, 0) is 25.4 Å². The highest BCUT2D eigenvalue weighted by atomic mass is 19.4. The molecule has 1 aromatic rings. The molecule has 0 spiro atoms. The predicted octanol–water partition coefficient (Wildman–Crippen LogP) is 2.78. The fraction of sp³-hybridized carbons (Fsp3) is 0.524. The number of amides is 3. The molecule has 0 aromatic heterocycles. The van der Waals surface area contributed by atoms with E-state index in [2.05, 4.69) is 10.6 Å². The number of aldehydes is 1. The normalized spacial score (nSPS) is 10.0. The van der Waals surface area contributed by atoms with Crippen molar-refractivity contribution in [2.24, 2.45) is 5.73 Å². The fourth-order valence-electron chi connectivity index (χ4n) is 2.15. The van der Waals surface area contributed by atoms with Crippen molar-refractivity contribution in [1.29, 1.82) is 0 Å². The van der Waals surface area contributed by atoms with Crippen LogP contribution in [0.2, 0.25) is 0 Å². The van der Waals surface area contributed by atoms with Crippen LogP contribution < -0.4 is 21.8 Å². The standard InChI is InChI=1S/C15H19F3N2O3.C3H8N2O.C3H6O/c16-15(17,18)11-6-5-7-12(10-11)19-13(21)8-3-1-2-4-9-14(22)20-23;1-5-2-3(4)6;1-2-3-4/h5-7,10,23H,1-4,8-9H2,(H,19,21)(H,20,22);5H,2H2,1H3,(H2,4,6);3H,2H2,1H3. The van der Waals surface area contributed by atoms with Crippen molar-refractivity contribution in [2.75, 3.05) is 18.9 Å². The molecule has 0 saturated carbocycles. The quantitative estimate of drug-likeness (QED) is 0.143. The van der Waals surface area contributed by atoms with Gasteiger partial charge in [0.15, 0.2) is 0 Å². The predicted molar refractivity (Wildman–Crippen MR) is 117 cm³/mol. The number of hydrogen-bond acceptors (Lipinski definition) is 6. The van der Waals surface area contributed by atoms with Gasteiger partial charge in [-0.2, -0.15) is 13.2 Å². The zero-order chi connectivity index (χ0) is 25.7. The summed E-state index contributed by atoms with van der Waals surface area (Å²) in [5, 5.41) is 13.3. The zero-order valence-electron chi connectivity index (χ0n) is 18.8. The summed E-state index contributed by atoms with van der Waals surface area (Å²) in [5.41, 5.74) is 5.54. The molecular weight excluding hydrogens is 445 g/mol. The minimum Gasteiger partial charge on any atom is -0.369 e. The summed E-state index contributed by atoms with van der Waals surface area (Å²) in [6.45, 7) is 2.08. The number of unbranched alkanes of at least 4 members (excludes halogenated alkanes) is 3. The van der Waals surface area contributed by atoms with Crippen LogP contribution in [0.4, 0.5) is 18.9 Å². The molecule has 0 aliphatic carbocycles. The van der Waals surface area contributed by atoms with Crippen LogP contribution >= 0.6 is 0 Å². The van der Waals surface area contributed by atoms with Gasteiger partial charge in [-0.15, -0.1) is 0 Å². The van der Waals surface area contributed by atoms with Crippen molar-refractivity contribution in [3.8, 4) is 0 Å². The Balaban J connectivity index is 0. The van der Waals surface area contributed by atoms with Crippen LogP contribution in [0.1, 0.15) is 57.4 Å². The largest absolute Gasteiger partial charge is 0.416 e. The number of nitrogens with one attached hydrogen (secondary N) is 3. The van der Waals surface area contributed by atoms with E-state index in [9.17, 15) is 32.3 Å². The van der Waals surface area contributed by atoms with Crippen LogP contribution in [0.25, 0.3) is 0 Å². The van der Waals surface area contributed by atoms with Crippen molar-refractivity contribution in [3.05, 3.63) is 29.8 Å². The number of carbonyl (C=O) groups is 4. The first-order chi connectivity index (χ1) is 15.5. The number of likely N-dealkylation sites (N-methyl/N-ethyl adjacent to an activating group) is 1. The smallest absolute Gasteiger partial charge is 0.369 e. The average Bonchev–Trinajstić information content (AvgIpc) is 2.76.